The van der Waals surface area contributed by atoms with Crippen LogP contribution in [0.15, 0.2) is 24.5 Å². The Hall–Kier alpha value is -1.88. The Labute approximate surface area is 85.9 Å². The van der Waals surface area contributed by atoms with E-state index in [-0.39, 0.29) is 6.61 Å². The van der Waals surface area contributed by atoms with Crippen LogP contribution in [0.25, 0.3) is 5.65 Å². The van der Waals surface area contributed by atoms with Crippen molar-refractivity contribution in [3.63, 3.8) is 0 Å². The molecule has 15 heavy (non-hydrogen) atoms. The zero-order valence-electron chi connectivity index (χ0n) is 8.17. The van der Waals surface area contributed by atoms with E-state index in [0.29, 0.717) is 16.9 Å². The van der Waals surface area contributed by atoms with Gasteiger partial charge in [-0.25, -0.2) is 9.78 Å². The summed E-state index contributed by atoms with van der Waals surface area (Å²) in [7, 11) is 1.33. The van der Waals surface area contributed by atoms with Gasteiger partial charge in [0.25, 0.3) is 0 Å². The first-order valence-electron chi connectivity index (χ1n) is 4.41. The molecule has 2 rings (SSSR count). The number of rotatable bonds is 2. The summed E-state index contributed by atoms with van der Waals surface area (Å²) in [4.78, 5) is 15.3. The Morgan fingerprint density at radius 1 is 1.67 bits per heavy atom. The first-order valence-corrected chi connectivity index (χ1v) is 4.41. The van der Waals surface area contributed by atoms with Crippen LogP contribution in [0.1, 0.15) is 16.1 Å². The van der Waals surface area contributed by atoms with Gasteiger partial charge in [0.1, 0.15) is 5.65 Å². The van der Waals surface area contributed by atoms with Crippen LogP contribution in [-0.4, -0.2) is 27.6 Å². The van der Waals surface area contributed by atoms with E-state index in [9.17, 15) is 4.79 Å². The van der Waals surface area contributed by atoms with Crippen molar-refractivity contribution in [3.05, 3.63) is 35.8 Å². The van der Waals surface area contributed by atoms with E-state index in [1.165, 1.54) is 7.11 Å². The number of aromatic nitrogens is 2. The summed E-state index contributed by atoms with van der Waals surface area (Å²) in [6.45, 7) is -0.0846. The van der Waals surface area contributed by atoms with Crippen molar-refractivity contribution < 1.29 is 14.6 Å². The first kappa shape index (κ1) is 9.67. The van der Waals surface area contributed by atoms with Gasteiger partial charge in [0.15, 0.2) is 0 Å². The molecule has 78 valence electrons. The van der Waals surface area contributed by atoms with Crippen molar-refractivity contribution in [1.29, 1.82) is 0 Å². The molecule has 0 saturated carbocycles. The molecule has 5 nitrogen and oxygen atoms in total. The van der Waals surface area contributed by atoms with Crippen molar-refractivity contribution in [2.45, 2.75) is 6.61 Å². The van der Waals surface area contributed by atoms with E-state index >= 15 is 0 Å². The Bertz CT molecular complexity index is 504. The Morgan fingerprint density at radius 2 is 2.47 bits per heavy atom. The highest BCUT2D eigenvalue weighted by Gasteiger charge is 2.08. The molecular weight excluding hydrogens is 196 g/mol. The fraction of sp³-hybridized carbons (Fsp3) is 0.200. The van der Waals surface area contributed by atoms with Crippen LogP contribution in [0.3, 0.4) is 0 Å². The summed E-state index contributed by atoms with van der Waals surface area (Å²) in [6.07, 6.45) is 3.25. The molecule has 0 aliphatic rings. The minimum atomic E-state index is -0.397. The number of aliphatic hydroxyl groups excluding tert-OH is 1. The third kappa shape index (κ3) is 1.57. The lowest BCUT2D eigenvalue weighted by atomic mass is 10.2. The van der Waals surface area contributed by atoms with E-state index in [2.05, 4.69) is 9.72 Å². The number of methoxy groups -OCH3 is 1. The summed E-state index contributed by atoms with van der Waals surface area (Å²) in [5, 5.41) is 9.00. The van der Waals surface area contributed by atoms with Gasteiger partial charge in [-0.3, -0.25) is 0 Å². The van der Waals surface area contributed by atoms with Crippen molar-refractivity contribution >= 4 is 11.6 Å². The van der Waals surface area contributed by atoms with Gasteiger partial charge in [-0.1, -0.05) is 0 Å². The van der Waals surface area contributed by atoms with Crippen molar-refractivity contribution in [2.75, 3.05) is 7.11 Å². The zero-order valence-corrected chi connectivity index (χ0v) is 8.17. The number of hydrogen-bond acceptors (Lipinski definition) is 4. The van der Waals surface area contributed by atoms with E-state index < -0.39 is 5.97 Å². The van der Waals surface area contributed by atoms with Crippen LogP contribution >= 0.6 is 0 Å². The number of esters is 1. The highest BCUT2D eigenvalue weighted by molar-refractivity contribution is 5.90. The quantitative estimate of drug-likeness (QED) is 0.731. The predicted octanol–water partition coefficient (Wildman–Crippen LogP) is 0.613. The van der Waals surface area contributed by atoms with Crippen molar-refractivity contribution in [2.24, 2.45) is 0 Å². The summed E-state index contributed by atoms with van der Waals surface area (Å²) in [5.74, 6) is -0.397. The SMILES string of the molecule is COC(=O)c1ccn2c(CO)cnc2c1. The van der Waals surface area contributed by atoms with Gasteiger partial charge >= 0.3 is 5.97 Å². The number of hydrogen-bond donors (Lipinski definition) is 1. The van der Waals surface area contributed by atoms with E-state index in [4.69, 9.17) is 5.11 Å². The summed E-state index contributed by atoms with van der Waals surface area (Å²) in [5.41, 5.74) is 1.74. The molecule has 0 aliphatic heterocycles. The number of aliphatic hydroxyl groups is 1. The molecule has 0 radical (unpaired) electrons. The van der Waals surface area contributed by atoms with Gasteiger partial charge in [-0.2, -0.15) is 0 Å². The molecule has 0 fully saturated rings. The van der Waals surface area contributed by atoms with Gasteiger partial charge in [-0.05, 0) is 12.1 Å². The molecule has 0 aliphatic carbocycles. The topological polar surface area (TPSA) is 63.8 Å². The molecule has 2 aromatic rings. The van der Waals surface area contributed by atoms with E-state index in [0.717, 1.165) is 0 Å². The monoisotopic (exact) mass is 206 g/mol. The van der Waals surface area contributed by atoms with Crippen LogP contribution in [0, 0.1) is 0 Å². The number of carbonyl (C=O) groups excluding carboxylic acids is 1. The first-order chi connectivity index (χ1) is 7.26. The Morgan fingerprint density at radius 3 is 3.13 bits per heavy atom. The van der Waals surface area contributed by atoms with Gasteiger partial charge in [-0.15, -0.1) is 0 Å². The average Bonchev–Trinajstić information content (AvgIpc) is 2.69. The van der Waals surface area contributed by atoms with Crippen LogP contribution in [-0.2, 0) is 11.3 Å². The molecule has 1 N–H and O–H groups in total. The van der Waals surface area contributed by atoms with Crippen LogP contribution in [0.5, 0.6) is 0 Å². The average molecular weight is 206 g/mol. The minimum absolute atomic E-state index is 0.0846. The number of nitrogens with zero attached hydrogens (tertiary/aromatic N) is 2. The second kappa shape index (κ2) is 3.70. The van der Waals surface area contributed by atoms with Gasteiger partial charge in [0.2, 0.25) is 0 Å². The molecular formula is C10H10N2O3. The maximum atomic E-state index is 11.2. The van der Waals surface area contributed by atoms with Gasteiger partial charge in [0.05, 0.1) is 31.2 Å². The molecule has 0 aromatic carbocycles. The fourth-order valence-corrected chi connectivity index (χ4v) is 1.39. The lowest BCUT2D eigenvalue weighted by molar-refractivity contribution is 0.0600. The van der Waals surface area contributed by atoms with Crippen LogP contribution in [0.2, 0.25) is 0 Å². The standard InChI is InChI=1S/C10H10N2O3/c1-15-10(14)7-2-3-12-8(6-13)5-11-9(12)4-7/h2-5,13H,6H2,1H3. The van der Waals surface area contributed by atoms with Crippen LogP contribution in [0.4, 0.5) is 0 Å². The number of imidazole rings is 1. The molecule has 0 bridgehead atoms. The highest BCUT2D eigenvalue weighted by Crippen LogP contribution is 2.10. The molecule has 5 heteroatoms. The number of ether oxygens (including phenoxy) is 1. The largest absolute Gasteiger partial charge is 0.465 e. The van der Waals surface area contributed by atoms with Crippen molar-refractivity contribution in [3.8, 4) is 0 Å². The molecule has 0 atom stereocenters. The predicted molar refractivity (Wildman–Crippen MR) is 52.5 cm³/mol. The normalized spacial score (nSPS) is 10.5. The number of carbonyl (C=O) groups is 1. The number of fused-ring (bicyclic) bond motifs is 1. The molecule has 2 aromatic heterocycles. The summed E-state index contributed by atoms with van der Waals surface area (Å²) < 4.78 is 6.31. The Balaban J connectivity index is 2.53. The Kier molecular flexibility index (Phi) is 2.39. The van der Waals surface area contributed by atoms with Crippen LogP contribution < -0.4 is 0 Å². The third-order valence-corrected chi connectivity index (χ3v) is 2.17. The lowest BCUT2D eigenvalue weighted by Crippen LogP contribution is -2.02. The maximum Gasteiger partial charge on any atom is 0.338 e. The van der Waals surface area contributed by atoms with Gasteiger partial charge in [0, 0.05) is 6.20 Å². The zero-order chi connectivity index (χ0) is 10.8. The second-order valence-electron chi connectivity index (χ2n) is 3.04. The second-order valence-corrected chi connectivity index (χ2v) is 3.04. The molecule has 0 unspecified atom stereocenters. The summed E-state index contributed by atoms with van der Waals surface area (Å²) in [6, 6.07) is 3.24. The maximum absolute atomic E-state index is 11.2. The highest BCUT2D eigenvalue weighted by atomic mass is 16.5. The minimum Gasteiger partial charge on any atom is -0.465 e. The van der Waals surface area contributed by atoms with E-state index in [1.54, 1.807) is 28.9 Å². The lowest BCUT2D eigenvalue weighted by Gasteiger charge is -2.01. The number of pyridine rings is 1. The fourth-order valence-electron chi connectivity index (χ4n) is 1.39. The summed E-state index contributed by atoms with van der Waals surface area (Å²) >= 11 is 0. The van der Waals surface area contributed by atoms with Crippen molar-refractivity contribution in [1.82, 2.24) is 9.38 Å². The molecule has 0 amide bonds. The van der Waals surface area contributed by atoms with Gasteiger partial charge < -0.3 is 14.2 Å². The third-order valence-electron chi connectivity index (χ3n) is 2.17. The van der Waals surface area contributed by atoms with E-state index in [1.807, 2.05) is 0 Å². The smallest absolute Gasteiger partial charge is 0.338 e. The molecule has 0 saturated heterocycles. The molecule has 0 spiro atoms. The molecule has 2 heterocycles.